The molecule has 0 aliphatic carbocycles. The first-order valence-corrected chi connectivity index (χ1v) is 5.67. The number of aliphatic imine (C=N–C) groups is 1. The van der Waals surface area contributed by atoms with Crippen LogP contribution in [0.4, 0.5) is 0 Å². The van der Waals surface area contributed by atoms with E-state index in [1.54, 1.807) is 0 Å². The van der Waals surface area contributed by atoms with Gasteiger partial charge in [-0.1, -0.05) is 0 Å². The van der Waals surface area contributed by atoms with Gasteiger partial charge in [0.1, 0.15) is 0 Å². The van der Waals surface area contributed by atoms with Crippen LogP contribution in [0.5, 0.6) is 0 Å². The number of hydrogen-bond acceptors (Lipinski definition) is 2. The zero-order valence-corrected chi connectivity index (χ0v) is 9.29. The largest absolute Gasteiger partial charge is 0.375 e. The topological polar surface area (TPSA) is 15.6 Å². The average molecular weight is 192 g/mol. The van der Waals surface area contributed by atoms with Gasteiger partial charge in [-0.3, -0.25) is 4.99 Å². The molecule has 1 saturated heterocycles. The van der Waals surface area contributed by atoms with E-state index in [0.29, 0.717) is 0 Å². The van der Waals surface area contributed by atoms with E-state index < -0.39 is 0 Å². The predicted octanol–water partition coefficient (Wildman–Crippen LogP) is 2.61. The second kappa shape index (κ2) is 3.76. The average Bonchev–Trinajstić information content (AvgIpc) is 2.18. The van der Waals surface area contributed by atoms with E-state index in [1.165, 1.54) is 38.0 Å². The highest BCUT2D eigenvalue weighted by molar-refractivity contribution is 5.73. The molecule has 0 amide bonds. The Morgan fingerprint density at radius 1 is 1.21 bits per heavy atom. The highest BCUT2D eigenvalue weighted by Gasteiger charge is 2.23. The Morgan fingerprint density at radius 3 is 2.57 bits per heavy atom. The van der Waals surface area contributed by atoms with Crippen molar-refractivity contribution in [3.63, 3.8) is 0 Å². The number of dihydropyridines is 1. The summed E-state index contributed by atoms with van der Waals surface area (Å²) in [5, 5.41) is 0. The van der Waals surface area contributed by atoms with Crippen molar-refractivity contribution in [2.24, 2.45) is 4.99 Å². The van der Waals surface area contributed by atoms with Crippen LogP contribution in [0.15, 0.2) is 16.8 Å². The Balaban J connectivity index is 2.03. The maximum absolute atomic E-state index is 4.48. The number of nitrogens with zero attached hydrogens (tertiary/aromatic N) is 2. The van der Waals surface area contributed by atoms with Crippen molar-refractivity contribution in [3.8, 4) is 0 Å². The van der Waals surface area contributed by atoms with Crippen molar-refractivity contribution in [1.82, 2.24) is 4.90 Å². The fraction of sp³-hybridized carbons (Fsp3) is 0.750. The van der Waals surface area contributed by atoms with Crippen molar-refractivity contribution in [2.75, 3.05) is 13.1 Å². The van der Waals surface area contributed by atoms with Gasteiger partial charge in [0.05, 0.1) is 5.54 Å². The smallest absolute Gasteiger partial charge is 0.0606 e. The Kier molecular flexibility index (Phi) is 2.62. The molecule has 2 heteroatoms. The first-order valence-electron chi connectivity index (χ1n) is 5.67. The maximum Gasteiger partial charge on any atom is 0.0606 e. The van der Waals surface area contributed by atoms with Crippen LogP contribution in [0.2, 0.25) is 0 Å². The summed E-state index contributed by atoms with van der Waals surface area (Å²) in [4.78, 5) is 7.02. The second-order valence-corrected chi connectivity index (χ2v) is 4.97. The summed E-state index contributed by atoms with van der Waals surface area (Å²) in [6.07, 6.45) is 9.39. The van der Waals surface area contributed by atoms with Gasteiger partial charge in [-0.2, -0.15) is 0 Å². The van der Waals surface area contributed by atoms with E-state index in [4.69, 9.17) is 0 Å². The minimum atomic E-state index is 0.113. The molecule has 0 atom stereocenters. The van der Waals surface area contributed by atoms with Gasteiger partial charge in [0, 0.05) is 31.4 Å². The zero-order chi connectivity index (χ0) is 10.0. The fourth-order valence-corrected chi connectivity index (χ4v) is 2.27. The Labute approximate surface area is 86.7 Å². The first-order chi connectivity index (χ1) is 6.67. The van der Waals surface area contributed by atoms with Crippen molar-refractivity contribution in [3.05, 3.63) is 11.8 Å². The molecule has 2 heterocycles. The third kappa shape index (κ3) is 2.17. The molecule has 0 aromatic rings. The minimum Gasteiger partial charge on any atom is -0.375 e. The summed E-state index contributed by atoms with van der Waals surface area (Å²) in [7, 11) is 0. The van der Waals surface area contributed by atoms with Gasteiger partial charge >= 0.3 is 0 Å². The van der Waals surface area contributed by atoms with Gasteiger partial charge in [-0.15, -0.1) is 0 Å². The number of allylic oxidation sites excluding steroid dienone is 1. The molecule has 0 spiro atoms. The van der Waals surface area contributed by atoms with Crippen molar-refractivity contribution < 1.29 is 0 Å². The summed E-state index contributed by atoms with van der Waals surface area (Å²) in [5.41, 5.74) is 1.60. The SMILES string of the molecule is CC1(C)CC(N2CCCCC2)=CC=N1. The first kappa shape index (κ1) is 9.75. The van der Waals surface area contributed by atoms with Crippen LogP contribution >= 0.6 is 0 Å². The molecule has 78 valence electrons. The standard InChI is InChI=1S/C12H20N2/c1-12(2)10-11(6-7-13-12)14-8-4-3-5-9-14/h6-7H,3-5,8-10H2,1-2H3. The van der Waals surface area contributed by atoms with Gasteiger partial charge < -0.3 is 4.90 Å². The lowest BCUT2D eigenvalue weighted by atomic mass is 9.95. The van der Waals surface area contributed by atoms with Gasteiger partial charge in [0.15, 0.2) is 0 Å². The molecule has 2 nitrogen and oxygen atoms in total. The minimum absolute atomic E-state index is 0.113. The second-order valence-electron chi connectivity index (χ2n) is 4.97. The van der Waals surface area contributed by atoms with Crippen LogP contribution in [0.3, 0.4) is 0 Å². The van der Waals surface area contributed by atoms with Crippen LogP contribution in [0.1, 0.15) is 39.5 Å². The molecule has 14 heavy (non-hydrogen) atoms. The lowest BCUT2D eigenvalue weighted by Crippen LogP contribution is -2.34. The summed E-state index contributed by atoms with van der Waals surface area (Å²) in [6, 6.07) is 0. The molecule has 0 aromatic carbocycles. The zero-order valence-electron chi connectivity index (χ0n) is 9.29. The quantitative estimate of drug-likeness (QED) is 0.623. The van der Waals surface area contributed by atoms with E-state index in [9.17, 15) is 0 Å². The summed E-state index contributed by atoms with van der Waals surface area (Å²) in [6.45, 7) is 6.91. The van der Waals surface area contributed by atoms with E-state index in [-0.39, 0.29) is 5.54 Å². The van der Waals surface area contributed by atoms with E-state index in [0.717, 1.165) is 6.42 Å². The van der Waals surface area contributed by atoms with Gasteiger partial charge in [0.2, 0.25) is 0 Å². The number of piperidine rings is 1. The lowest BCUT2D eigenvalue weighted by Gasteiger charge is -2.35. The molecule has 0 radical (unpaired) electrons. The van der Waals surface area contributed by atoms with E-state index in [1.807, 2.05) is 6.21 Å². The monoisotopic (exact) mass is 192 g/mol. The Hall–Kier alpha value is -0.790. The molecular weight excluding hydrogens is 172 g/mol. The number of hydrogen-bond donors (Lipinski definition) is 0. The molecule has 0 aromatic heterocycles. The van der Waals surface area contributed by atoms with Crippen LogP contribution < -0.4 is 0 Å². The highest BCUT2D eigenvalue weighted by atomic mass is 15.1. The molecule has 2 aliphatic heterocycles. The molecule has 2 rings (SSSR count). The third-order valence-corrected chi connectivity index (χ3v) is 3.07. The third-order valence-electron chi connectivity index (χ3n) is 3.07. The fourth-order valence-electron chi connectivity index (χ4n) is 2.27. The molecule has 2 aliphatic rings. The maximum atomic E-state index is 4.48. The molecule has 0 bridgehead atoms. The van der Waals surface area contributed by atoms with Gasteiger partial charge in [0.25, 0.3) is 0 Å². The molecule has 0 N–H and O–H groups in total. The normalized spacial score (nSPS) is 26.1. The van der Waals surface area contributed by atoms with Crippen LogP contribution in [0.25, 0.3) is 0 Å². The Bertz CT molecular complexity index is 257. The summed E-state index contributed by atoms with van der Waals surface area (Å²) >= 11 is 0. The molecular formula is C12H20N2. The molecule has 0 saturated carbocycles. The Morgan fingerprint density at radius 2 is 1.93 bits per heavy atom. The van der Waals surface area contributed by atoms with Crippen molar-refractivity contribution >= 4 is 6.21 Å². The van der Waals surface area contributed by atoms with Crippen LogP contribution in [-0.2, 0) is 0 Å². The highest BCUT2D eigenvalue weighted by Crippen LogP contribution is 2.27. The van der Waals surface area contributed by atoms with Crippen molar-refractivity contribution in [2.45, 2.75) is 45.1 Å². The summed E-state index contributed by atoms with van der Waals surface area (Å²) < 4.78 is 0. The van der Waals surface area contributed by atoms with E-state index in [2.05, 4.69) is 29.8 Å². The van der Waals surface area contributed by atoms with Gasteiger partial charge in [-0.25, -0.2) is 0 Å². The van der Waals surface area contributed by atoms with E-state index >= 15 is 0 Å². The number of rotatable bonds is 1. The predicted molar refractivity (Wildman–Crippen MR) is 60.7 cm³/mol. The number of likely N-dealkylation sites (tertiary alicyclic amines) is 1. The molecule has 0 unspecified atom stereocenters. The lowest BCUT2D eigenvalue weighted by molar-refractivity contribution is 0.263. The molecule has 1 fully saturated rings. The van der Waals surface area contributed by atoms with Crippen molar-refractivity contribution in [1.29, 1.82) is 0 Å². The van der Waals surface area contributed by atoms with Crippen LogP contribution in [-0.4, -0.2) is 29.7 Å². The van der Waals surface area contributed by atoms with Crippen LogP contribution in [0, 0.1) is 0 Å². The van der Waals surface area contributed by atoms with Gasteiger partial charge in [-0.05, 0) is 39.2 Å². The summed E-state index contributed by atoms with van der Waals surface area (Å²) in [5.74, 6) is 0.